The van der Waals surface area contributed by atoms with Crippen LogP contribution in [0, 0.1) is 5.92 Å². The highest BCUT2D eigenvalue weighted by Crippen LogP contribution is 2.46. The predicted molar refractivity (Wildman–Crippen MR) is 85.7 cm³/mol. The van der Waals surface area contributed by atoms with Crippen LogP contribution in [0.5, 0.6) is 5.75 Å². The summed E-state index contributed by atoms with van der Waals surface area (Å²) in [6.45, 7) is 5.96. The van der Waals surface area contributed by atoms with Gasteiger partial charge in [0.05, 0.1) is 0 Å². The third-order valence-corrected chi connectivity index (χ3v) is 4.99. The van der Waals surface area contributed by atoms with E-state index < -0.39 is 0 Å². The van der Waals surface area contributed by atoms with E-state index in [4.69, 9.17) is 0 Å². The zero-order chi connectivity index (χ0) is 13.3. The zero-order valence-corrected chi connectivity index (χ0v) is 13.2. The number of nitrogens with zero attached hydrogens (tertiary/aromatic N) is 1. The molecule has 112 valence electrons. The van der Waals surface area contributed by atoms with Gasteiger partial charge in [-0.25, -0.2) is 0 Å². The largest absolute Gasteiger partial charge is 0.508 e. The Balaban J connectivity index is 0.00000147. The van der Waals surface area contributed by atoms with Crippen molar-refractivity contribution in [2.24, 2.45) is 5.92 Å². The molecule has 1 N–H and O–H groups in total. The molecule has 2 aliphatic rings. The minimum atomic E-state index is 0. The lowest BCUT2D eigenvalue weighted by atomic mass is 9.63. The van der Waals surface area contributed by atoms with Crippen LogP contribution in [0.15, 0.2) is 24.3 Å². The lowest BCUT2D eigenvalue weighted by Gasteiger charge is -2.50. The number of phenols is 1. The zero-order valence-electron chi connectivity index (χ0n) is 12.3. The number of phenolic OH excluding ortho intramolecular Hbond substituents is 1. The quantitative estimate of drug-likeness (QED) is 0.912. The van der Waals surface area contributed by atoms with Gasteiger partial charge in [-0.1, -0.05) is 25.5 Å². The molecule has 1 saturated carbocycles. The van der Waals surface area contributed by atoms with Crippen molar-refractivity contribution in [3.8, 4) is 5.75 Å². The Hall–Kier alpha value is -0.730. The molecule has 3 rings (SSSR count). The SMILES string of the molecule is CCCN1CC2CCCC(c3cccc(O)c3)(C2)C1.Cl. The van der Waals surface area contributed by atoms with E-state index >= 15 is 0 Å². The van der Waals surface area contributed by atoms with Gasteiger partial charge in [-0.3, -0.25) is 0 Å². The van der Waals surface area contributed by atoms with Crippen molar-refractivity contribution in [1.29, 1.82) is 0 Å². The van der Waals surface area contributed by atoms with E-state index in [0.29, 0.717) is 11.2 Å². The summed E-state index contributed by atoms with van der Waals surface area (Å²) in [5.41, 5.74) is 1.66. The first-order valence-corrected chi connectivity index (χ1v) is 7.74. The van der Waals surface area contributed by atoms with Crippen LogP contribution >= 0.6 is 12.4 Å². The number of piperidine rings is 1. The third-order valence-electron chi connectivity index (χ3n) is 4.99. The maximum absolute atomic E-state index is 9.79. The maximum Gasteiger partial charge on any atom is 0.115 e. The summed E-state index contributed by atoms with van der Waals surface area (Å²) in [4.78, 5) is 2.65. The van der Waals surface area contributed by atoms with E-state index in [0.717, 1.165) is 5.92 Å². The maximum atomic E-state index is 9.79. The molecular weight excluding hydrogens is 270 g/mol. The fourth-order valence-corrected chi connectivity index (χ4v) is 4.32. The van der Waals surface area contributed by atoms with E-state index in [1.807, 2.05) is 12.1 Å². The molecule has 0 radical (unpaired) electrons. The molecule has 1 aliphatic heterocycles. The van der Waals surface area contributed by atoms with Crippen molar-refractivity contribution >= 4 is 12.4 Å². The highest BCUT2D eigenvalue weighted by atomic mass is 35.5. The van der Waals surface area contributed by atoms with Gasteiger partial charge < -0.3 is 10.0 Å². The van der Waals surface area contributed by atoms with Gasteiger partial charge >= 0.3 is 0 Å². The molecule has 1 aromatic carbocycles. The highest BCUT2D eigenvalue weighted by molar-refractivity contribution is 5.85. The average molecular weight is 296 g/mol. The molecule has 2 unspecified atom stereocenters. The lowest BCUT2D eigenvalue weighted by molar-refractivity contribution is 0.0594. The second kappa shape index (κ2) is 6.36. The number of benzene rings is 1. The molecule has 2 fully saturated rings. The summed E-state index contributed by atoms with van der Waals surface area (Å²) in [5.74, 6) is 1.28. The summed E-state index contributed by atoms with van der Waals surface area (Å²) >= 11 is 0. The number of likely N-dealkylation sites (tertiary alicyclic amines) is 1. The molecular formula is C17H26ClNO. The fraction of sp³-hybridized carbons (Fsp3) is 0.647. The Morgan fingerprint density at radius 3 is 3.00 bits per heavy atom. The van der Waals surface area contributed by atoms with Crippen molar-refractivity contribution < 1.29 is 5.11 Å². The van der Waals surface area contributed by atoms with Crippen molar-refractivity contribution in [3.05, 3.63) is 29.8 Å². The minimum Gasteiger partial charge on any atom is -0.508 e. The number of hydrogen-bond donors (Lipinski definition) is 1. The van der Waals surface area contributed by atoms with Crippen LogP contribution in [0.2, 0.25) is 0 Å². The number of aromatic hydroxyl groups is 1. The molecule has 20 heavy (non-hydrogen) atoms. The van der Waals surface area contributed by atoms with Gasteiger partial charge in [0, 0.05) is 18.5 Å². The standard InChI is InChI=1S/C17H25NO.ClH/c1-2-9-18-12-14-5-4-8-17(11-14,13-18)15-6-3-7-16(19)10-15;/h3,6-7,10,14,19H,2,4-5,8-9,11-13H2,1H3;1H. The monoisotopic (exact) mass is 295 g/mol. The second-order valence-corrected chi connectivity index (χ2v) is 6.53. The van der Waals surface area contributed by atoms with Crippen molar-refractivity contribution in [2.45, 2.75) is 44.4 Å². The molecule has 0 aromatic heterocycles. The molecule has 1 heterocycles. The van der Waals surface area contributed by atoms with E-state index in [-0.39, 0.29) is 12.4 Å². The van der Waals surface area contributed by atoms with Gasteiger partial charge in [-0.05, 0) is 55.8 Å². The predicted octanol–water partition coefficient (Wildman–Crippen LogP) is 3.97. The Labute approximate surface area is 128 Å². The Bertz CT molecular complexity index is 450. The van der Waals surface area contributed by atoms with Crippen molar-refractivity contribution in [1.82, 2.24) is 4.90 Å². The molecule has 1 aromatic rings. The summed E-state index contributed by atoms with van der Waals surface area (Å²) in [6, 6.07) is 8.00. The third kappa shape index (κ3) is 2.96. The molecule has 1 saturated heterocycles. The first-order valence-electron chi connectivity index (χ1n) is 7.74. The van der Waals surface area contributed by atoms with Crippen LogP contribution < -0.4 is 0 Å². The van der Waals surface area contributed by atoms with Gasteiger partial charge in [-0.15, -0.1) is 12.4 Å². The van der Waals surface area contributed by atoms with E-state index in [9.17, 15) is 5.11 Å². The second-order valence-electron chi connectivity index (χ2n) is 6.53. The summed E-state index contributed by atoms with van der Waals surface area (Å²) < 4.78 is 0. The summed E-state index contributed by atoms with van der Waals surface area (Å²) in [6.07, 6.45) is 6.58. The number of hydrogen-bond acceptors (Lipinski definition) is 2. The molecule has 1 aliphatic carbocycles. The molecule has 0 amide bonds. The first kappa shape index (κ1) is 15.7. The van der Waals surface area contributed by atoms with Crippen LogP contribution in [-0.4, -0.2) is 29.6 Å². The van der Waals surface area contributed by atoms with Crippen LogP contribution in [-0.2, 0) is 5.41 Å². The Kier molecular flexibility index (Phi) is 4.98. The van der Waals surface area contributed by atoms with Gasteiger partial charge in [0.1, 0.15) is 5.75 Å². The van der Waals surface area contributed by atoms with E-state index in [2.05, 4.69) is 17.9 Å². The summed E-state index contributed by atoms with van der Waals surface area (Å²) in [7, 11) is 0. The number of fused-ring (bicyclic) bond motifs is 2. The van der Waals surface area contributed by atoms with Gasteiger partial charge in [0.2, 0.25) is 0 Å². The molecule has 3 heteroatoms. The smallest absolute Gasteiger partial charge is 0.115 e. The Morgan fingerprint density at radius 1 is 1.40 bits per heavy atom. The normalized spacial score (nSPS) is 29.8. The van der Waals surface area contributed by atoms with Crippen molar-refractivity contribution in [3.63, 3.8) is 0 Å². The number of halogens is 1. The first-order chi connectivity index (χ1) is 9.22. The molecule has 2 atom stereocenters. The average Bonchev–Trinajstić information content (AvgIpc) is 2.39. The Morgan fingerprint density at radius 2 is 2.25 bits per heavy atom. The van der Waals surface area contributed by atoms with Crippen molar-refractivity contribution in [2.75, 3.05) is 19.6 Å². The van der Waals surface area contributed by atoms with Crippen LogP contribution in [0.3, 0.4) is 0 Å². The molecule has 2 nitrogen and oxygen atoms in total. The topological polar surface area (TPSA) is 23.5 Å². The van der Waals surface area contributed by atoms with E-state index in [1.54, 1.807) is 6.07 Å². The lowest BCUT2D eigenvalue weighted by Crippen LogP contribution is -2.52. The van der Waals surface area contributed by atoms with Crippen LogP contribution in [0.25, 0.3) is 0 Å². The van der Waals surface area contributed by atoms with Gasteiger partial charge in [0.25, 0.3) is 0 Å². The van der Waals surface area contributed by atoms with Crippen LogP contribution in [0.1, 0.15) is 44.6 Å². The fourth-order valence-electron chi connectivity index (χ4n) is 4.32. The van der Waals surface area contributed by atoms with E-state index in [1.165, 1.54) is 57.3 Å². The van der Waals surface area contributed by atoms with Crippen LogP contribution in [0.4, 0.5) is 0 Å². The molecule has 0 spiro atoms. The summed E-state index contributed by atoms with van der Waals surface area (Å²) in [5, 5.41) is 9.79. The molecule has 2 bridgehead atoms. The van der Waals surface area contributed by atoms with Gasteiger partial charge in [0.15, 0.2) is 0 Å². The highest BCUT2D eigenvalue weighted by Gasteiger charge is 2.43. The van der Waals surface area contributed by atoms with Gasteiger partial charge in [-0.2, -0.15) is 0 Å². The minimum absolute atomic E-state index is 0. The number of rotatable bonds is 3.